The van der Waals surface area contributed by atoms with Crippen LogP contribution < -0.4 is 5.43 Å². The van der Waals surface area contributed by atoms with E-state index in [0.29, 0.717) is 0 Å². The number of carboxylic acids is 1. The number of aromatic carboxylic acids is 1. The minimum atomic E-state index is -1.30. The molecule has 0 atom stereocenters. The highest BCUT2D eigenvalue weighted by Crippen LogP contribution is 2.17. The van der Waals surface area contributed by atoms with Gasteiger partial charge < -0.3 is 9.67 Å². The first kappa shape index (κ1) is 11.3. The van der Waals surface area contributed by atoms with Gasteiger partial charge in [-0.25, -0.2) is 9.18 Å². The van der Waals surface area contributed by atoms with Gasteiger partial charge in [0.05, 0.1) is 5.52 Å². The number of fused-ring (bicyclic) bond motifs is 1. The van der Waals surface area contributed by atoms with Gasteiger partial charge in [-0.05, 0) is 19.1 Å². The average Bonchev–Trinajstić information content (AvgIpc) is 2.25. The Hall–Kier alpha value is -2.17. The van der Waals surface area contributed by atoms with Crippen molar-refractivity contribution in [3.05, 3.63) is 45.5 Å². The molecule has 0 amide bonds. The molecule has 0 aliphatic rings. The molecule has 17 heavy (non-hydrogen) atoms. The number of benzene rings is 1. The highest BCUT2D eigenvalue weighted by Gasteiger charge is 2.19. The van der Waals surface area contributed by atoms with Gasteiger partial charge in [0.2, 0.25) is 5.43 Å². The largest absolute Gasteiger partial charge is 0.477 e. The van der Waals surface area contributed by atoms with E-state index in [-0.39, 0.29) is 22.2 Å². The minimum Gasteiger partial charge on any atom is -0.477 e. The second-order valence-corrected chi connectivity index (χ2v) is 3.79. The monoisotopic (exact) mass is 235 g/mol. The van der Waals surface area contributed by atoms with E-state index in [4.69, 9.17) is 5.11 Å². The van der Waals surface area contributed by atoms with Gasteiger partial charge in [0, 0.05) is 18.1 Å². The molecule has 88 valence electrons. The molecule has 0 bridgehead atoms. The van der Waals surface area contributed by atoms with Crippen LogP contribution in [0, 0.1) is 12.7 Å². The van der Waals surface area contributed by atoms with E-state index < -0.39 is 17.2 Å². The summed E-state index contributed by atoms with van der Waals surface area (Å²) in [5, 5.41) is 9.07. The topological polar surface area (TPSA) is 59.3 Å². The van der Waals surface area contributed by atoms with Crippen LogP contribution in [0.4, 0.5) is 4.39 Å². The number of aromatic nitrogens is 1. The fourth-order valence-electron chi connectivity index (χ4n) is 1.93. The zero-order valence-corrected chi connectivity index (χ0v) is 9.32. The first-order valence-electron chi connectivity index (χ1n) is 4.96. The van der Waals surface area contributed by atoms with Crippen molar-refractivity contribution in [1.82, 2.24) is 4.57 Å². The molecular formula is C12H10FNO3. The average molecular weight is 235 g/mol. The maximum atomic E-state index is 13.6. The van der Waals surface area contributed by atoms with Crippen LogP contribution >= 0.6 is 0 Å². The Morgan fingerprint density at radius 3 is 2.65 bits per heavy atom. The molecule has 0 saturated carbocycles. The number of carboxylic acid groups (broad SMARTS) is 1. The summed E-state index contributed by atoms with van der Waals surface area (Å²) in [7, 11) is 1.53. The molecule has 0 saturated heterocycles. The Bertz CT molecular complexity index is 688. The van der Waals surface area contributed by atoms with E-state index >= 15 is 0 Å². The van der Waals surface area contributed by atoms with Crippen molar-refractivity contribution in [1.29, 1.82) is 0 Å². The van der Waals surface area contributed by atoms with Crippen molar-refractivity contribution in [2.75, 3.05) is 0 Å². The van der Waals surface area contributed by atoms with Crippen LogP contribution in [0.3, 0.4) is 0 Å². The lowest BCUT2D eigenvalue weighted by molar-refractivity contribution is 0.0694. The zero-order chi connectivity index (χ0) is 12.7. The van der Waals surface area contributed by atoms with E-state index in [2.05, 4.69) is 0 Å². The number of rotatable bonds is 1. The molecule has 2 rings (SSSR count). The van der Waals surface area contributed by atoms with Gasteiger partial charge in [-0.1, -0.05) is 6.07 Å². The first-order chi connectivity index (χ1) is 7.95. The molecule has 1 aromatic heterocycles. The third kappa shape index (κ3) is 1.51. The third-order valence-electron chi connectivity index (χ3n) is 2.87. The van der Waals surface area contributed by atoms with Crippen molar-refractivity contribution in [2.45, 2.75) is 6.92 Å². The van der Waals surface area contributed by atoms with Crippen molar-refractivity contribution >= 4 is 16.9 Å². The van der Waals surface area contributed by atoms with Gasteiger partial charge in [-0.2, -0.15) is 0 Å². The van der Waals surface area contributed by atoms with E-state index in [1.807, 2.05) is 0 Å². The number of pyridine rings is 1. The van der Waals surface area contributed by atoms with Crippen LogP contribution in [0.5, 0.6) is 0 Å². The summed E-state index contributed by atoms with van der Waals surface area (Å²) in [5.41, 5.74) is -0.603. The number of hydrogen-bond donors (Lipinski definition) is 1. The Labute approximate surface area is 95.9 Å². The van der Waals surface area contributed by atoms with Gasteiger partial charge in [0.15, 0.2) is 0 Å². The SMILES string of the molecule is Cc1c(C(=O)O)c(=O)c2cccc(F)c2n1C. The summed E-state index contributed by atoms with van der Waals surface area (Å²) in [4.78, 5) is 23.0. The lowest BCUT2D eigenvalue weighted by Gasteiger charge is -2.12. The van der Waals surface area contributed by atoms with Crippen LogP contribution in [-0.4, -0.2) is 15.6 Å². The Kier molecular flexibility index (Phi) is 2.46. The molecule has 5 heteroatoms. The van der Waals surface area contributed by atoms with Crippen LogP contribution in [0.1, 0.15) is 16.1 Å². The highest BCUT2D eigenvalue weighted by atomic mass is 19.1. The van der Waals surface area contributed by atoms with Crippen molar-refractivity contribution in [2.24, 2.45) is 7.05 Å². The van der Waals surface area contributed by atoms with Crippen molar-refractivity contribution in [3.63, 3.8) is 0 Å². The number of aryl methyl sites for hydroxylation is 1. The van der Waals surface area contributed by atoms with Crippen molar-refractivity contribution < 1.29 is 14.3 Å². The molecular weight excluding hydrogens is 225 g/mol. The standard InChI is InChI=1S/C12H10FNO3/c1-6-9(12(16)17)11(15)7-4-3-5-8(13)10(7)14(6)2/h3-5H,1-2H3,(H,16,17). The third-order valence-corrected chi connectivity index (χ3v) is 2.87. The second kappa shape index (κ2) is 3.69. The van der Waals surface area contributed by atoms with Gasteiger partial charge in [-0.15, -0.1) is 0 Å². The minimum absolute atomic E-state index is 0.0792. The number of nitrogens with zero attached hydrogens (tertiary/aromatic N) is 1. The molecule has 1 aromatic carbocycles. The maximum Gasteiger partial charge on any atom is 0.341 e. The number of para-hydroxylation sites is 1. The molecule has 0 radical (unpaired) electrons. The normalized spacial score (nSPS) is 10.8. The molecule has 0 aliphatic heterocycles. The van der Waals surface area contributed by atoms with Crippen LogP contribution in [0.2, 0.25) is 0 Å². The number of carbonyl (C=O) groups is 1. The van der Waals surface area contributed by atoms with E-state index in [9.17, 15) is 14.0 Å². The first-order valence-corrected chi connectivity index (χ1v) is 4.96. The summed E-state index contributed by atoms with van der Waals surface area (Å²) < 4.78 is 15.0. The Balaban J connectivity index is 3.12. The Morgan fingerprint density at radius 2 is 2.06 bits per heavy atom. The zero-order valence-electron chi connectivity index (χ0n) is 9.32. The summed E-state index contributed by atoms with van der Waals surface area (Å²) in [6.45, 7) is 1.48. The van der Waals surface area contributed by atoms with Gasteiger partial charge >= 0.3 is 5.97 Å². The molecule has 0 fully saturated rings. The Morgan fingerprint density at radius 1 is 1.41 bits per heavy atom. The number of halogens is 1. The second-order valence-electron chi connectivity index (χ2n) is 3.79. The molecule has 1 heterocycles. The summed E-state index contributed by atoms with van der Waals surface area (Å²) in [5.74, 6) is -1.84. The van der Waals surface area contributed by atoms with Gasteiger partial charge in [-0.3, -0.25) is 4.79 Å². The molecule has 0 spiro atoms. The fraction of sp³-hybridized carbons (Fsp3) is 0.167. The predicted molar refractivity (Wildman–Crippen MR) is 60.8 cm³/mol. The van der Waals surface area contributed by atoms with E-state index in [0.717, 1.165) is 0 Å². The number of hydrogen-bond acceptors (Lipinski definition) is 2. The predicted octanol–water partition coefficient (Wildman–Crippen LogP) is 1.68. The lowest BCUT2D eigenvalue weighted by atomic mass is 10.1. The fourth-order valence-corrected chi connectivity index (χ4v) is 1.93. The lowest BCUT2D eigenvalue weighted by Crippen LogP contribution is -2.22. The summed E-state index contributed by atoms with van der Waals surface area (Å²) in [6, 6.07) is 4.05. The van der Waals surface area contributed by atoms with Crippen LogP contribution in [0.15, 0.2) is 23.0 Å². The maximum absolute atomic E-state index is 13.6. The summed E-state index contributed by atoms with van der Waals surface area (Å²) >= 11 is 0. The molecule has 2 aromatic rings. The van der Waals surface area contributed by atoms with Crippen LogP contribution in [-0.2, 0) is 7.05 Å². The van der Waals surface area contributed by atoms with E-state index in [1.165, 1.54) is 36.7 Å². The highest BCUT2D eigenvalue weighted by molar-refractivity contribution is 5.94. The van der Waals surface area contributed by atoms with Gasteiger partial charge in [0.1, 0.15) is 11.4 Å². The van der Waals surface area contributed by atoms with Crippen LogP contribution in [0.25, 0.3) is 10.9 Å². The summed E-state index contributed by atoms with van der Waals surface area (Å²) in [6.07, 6.45) is 0. The molecule has 1 N–H and O–H groups in total. The molecule has 4 nitrogen and oxygen atoms in total. The van der Waals surface area contributed by atoms with E-state index in [1.54, 1.807) is 0 Å². The van der Waals surface area contributed by atoms with Gasteiger partial charge in [0.25, 0.3) is 0 Å². The smallest absolute Gasteiger partial charge is 0.341 e. The van der Waals surface area contributed by atoms with Crippen molar-refractivity contribution in [3.8, 4) is 0 Å². The quantitative estimate of drug-likeness (QED) is 0.818. The molecule has 0 unspecified atom stereocenters. The molecule has 0 aliphatic carbocycles.